The lowest BCUT2D eigenvalue weighted by atomic mass is 9.81. The second-order valence-corrected chi connectivity index (χ2v) is 3.43. The van der Waals surface area contributed by atoms with Crippen molar-refractivity contribution in [3.63, 3.8) is 0 Å². The molecule has 1 saturated heterocycles. The molecule has 1 heterocycles. The zero-order valence-electron chi connectivity index (χ0n) is 7.14. The fourth-order valence-electron chi connectivity index (χ4n) is 1.26. The molecular weight excluding hydrogens is 159 g/mol. The number of rotatable bonds is 1. The molecule has 2 radical (unpaired) electrons. The van der Waals surface area contributed by atoms with Crippen LogP contribution in [0.15, 0.2) is 0 Å². The smallest absolute Gasteiger partial charge is 0.113 e. The Balaban J connectivity index is 2.76. The van der Waals surface area contributed by atoms with Crippen LogP contribution in [0.2, 0.25) is 0 Å². The molecule has 0 spiro atoms. The largest absolute Gasteiger partial charge is 0.391 e. The fraction of sp³-hybridized carbons (Fsp3) is 1.00. The summed E-state index contributed by atoms with van der Waals surface area (Å²) in [5, 5.41) is 28.1. The molecule has 0 unspecified atom stereocenters. The molecule has 5 heteroatoms. The molecule has 1 fully saturated rings. The molecule has 0 aromatic rings. The van der Waals surface area contributed by atoms with Gasteiger partial charge in [0.1, 0.15) is 25.7 Å². The Morgan fingerprint density at radius 2 is 2.08 bits per heavy atom. The summed E-state index contributed by atoms with van der Waals surface area (Å²) in [6, 6.07) is -0.952. The summed E-state index contributed by atoms with van der Waals surface area (Å²) in [6.45, 7) is 2.85. The van der Waals surface area contributed by atoms with E-state index in [0.29, 0.717) is 0 Å². The molecule has 12 heavy (non-hydrogen) atoms. The van der Waals surface area contributed by atoms with Crippen LogP contribution in [0, 0.1) is 0 Å². The summed E-state index contributed by atoms with van der Waals surface area (Å²) in [6.07, 6.45) is -2.80. The number of hydrogen-bond acceptors (Lipinski definition) is 4. The van der Waals surface area contributed by atoms with Crippen LogP contribution in [0.25, 0.3) is 0 Å². The van der Waals surface area contributed by atoms with Crippen molar-refractivity contribution in [2.45, 2.75) is 43.8 Å². The van der Waals surface area contributed by atoms with E-state index < -0.39 is 29.9 Å². The molecule has 0 aromatic heterocycles. The fourth-order valence-corrected chi connectivity index (χ4v) is 1.26. The number of aliphatic hydroxyl groups excluding tert-OH is 2. The summed E-state index contributed by atoms with van der Waals surface area (Å²) in [5.41, 5.74) is -1.48. The Bertz CT molecular complexity index is 171. The number of ether oxygens (including phenoxy) is 1. The van der Waals surface area contributed by atoms with Crippen LogP contribution in [0.5, 0.6) is 0 Å². The first-order chi connectivity index (χ1) is 5.37. The van der Waals surface area contributed by atoms with Gasteiger partial charge in [-0.25, -0.2) is 0 Å². The van der Waals surface area contributed by atoms with Crippen molar-refractivity contribution >= 4 is 7.85 Å². The molecule has 5 atom stereocenters. The highest BCUT2D eigenvalue weighted by Gasteiger charge is 2.50. The zero-order valence-corrected chi connectivity index (χ0v) is 7.14. The first-order valence-electron chi connectivity index (χ1n) is 3.87. The lowest BCUT2D eigenvalue weighted by Crippen LogP contribution is -2.47. The van der Waals surface area contributed by atoms with Gasteiger partial charge in [-0.15, -0.1) is 0 Å². The van der Waals surface area contributed by atoms with Crippen molar-refractivity contribution in [3.05, 3.63) is 0 Å². The van der Waals surface area contributed by atoms with E-state index in [4.69, 9.17) is 17.7 Å². The standard InChI is InChI=1S/C7H13BO4/c1-3(9)4-5(10)7(2,11)6(8)12-4/h3-6,9-11H,1-2H3/t3-,4+,5+,6+,7+/m0/s1. The third kappa shape index (κ3) is 1.37. The van der Waals surface area contributed by atoms with E-state index in [-0.39, 0.29) is 0 Å². The molecule has 0 bridgehead atoms. The van der Waals surface area contributed by atoms with Crippen LogP contribution >= 0.6 is 0 Å². The van der Waals surface area contributed by atoms with E-state index in [1.165, 1.54) is 13.8 Å². The SMILES string of the molecule is [B][C@@H]1O[C@H]([C@H](C)O)[C@@H](O)[C@@]1(C)O. The number of aliphatic hydroxyl groups is 3. The molecule has 4 nitrogen and oxygen atoms in total. The summed E-state index contributed by atoms with van der Waals surface area (Å²) >= 11 is 0. The van der Waals surface area contributed by atoms with E-state index in [0.717, 1.165) is 0 Å². The van der Waals surface area contributed by atoms with Gasteiger partial charge in [-0.1, -0.05) is 0 Å². The van der Waals surface area contributed by atoms with Gasteiger partial charge in [-0.05, 0) is 13.8 Å². The van der Waals surface area contributed by atoms with Crippen molar-refractivity contribution in [2.75, 3.05) is 0 Å². The summed E-state index contributed by atoms with van der Waals surface area (Å²) < 4.78 is 4.98. The van der Waals surface area contributed by atoms with Crippen LogP contribution in [0.3, 0.4) is 0 Å². The number of hydrogen-bond donors (Lipinski definition) is 3. The van der Waals surface area contributed by atoms with E-state index in [2.05, 4.69) is 0 Å². The minimum atomic E-state index is -1.48. The van der Waals surface area contributed by atoms with Gasteiger partial charge in [-0.2, -0.15) is 0 Å². The van der Waals surface area contributed by atoms with Gasteiger partial charge in [0.2, 0.25) is 0 Å². The summed E-state index contributed by atoms with van der Waals surface area (Å²) in [4.78, 5) is 0. The first-order valence-corrected chi connectivity index (χ1v) is 3.87. The maximum Gasteiger partial charge on any atom is 0.113 e. The quantitative estimate of drug-likeness (QED) is 0.415. The van der Waals surface area contributed by atoms with E-state index in [1.54, 1.807) is 0 Å². The lowest BCUT2D eigenvalue weighted by molar-refractivity contribution is -0.0615. The van der Waals surface area contributed by atoms with E-state index in [9.17, 15) is 10.2 Å². The molecule has 0 aliphatic carbocycles. The van der Waals surface area contributed by atoms with Crippen molar-refractivity contribution in [2.24, 2.45) is 0 Å². The highest BCUT2D eigenvalue weighted by molar-refractivity contribution is 6.12. The van der Waals surface area contributed by atoms with E-state index >= 15 is 0 Å². The Morgan fingerprint density at radius 3 is 2.25 bits per heavy atom. The van der Waals surface area contributed by atoms with Gasteiger partial charge in [-0.3, -0.25) is 0 Å². The van der Waals surface area contributed by atoms with Crippen LogP contribution < -0.4 is 0 Å². The predicted octanol–water partition coefficient (Wildman–Crippen LogP) is -1.63. The van der Waals surface area contributed by atoms with Crippen molar-refractivity contribution < 1.29 is 20.1 Å². The van der Waals surface area contributed by atoms with Gasteiger partial charge >= 0.3 is 0 Å². The molecule has 3 N–H and O–H groups in total. The molecular formula is C7H13BO4. The van der Waals surface area contributed by atoms with Gasteiger partial charge in [0, 0.05) is 6.00 Å². The maximum atomic E-state index is 9.54. The van der Waals surface area contributed by atoms with Gasteiger partial charge in [0.05, 0.1) is 6.10 Å². The Hall–Kier alpha value is -0.0951. The molecule has 1 aliphatic rings. The van der Waals surface area contributed by atoms with Crippen LogP contribution in [0.1, 0.15) is 13.8 Å². The van der Waals surface area contributed by atoms with Crippen molar-refractivity contribution in [3.8, 4) is 0 Å². The Morgan fingerprint density at radius 1 is 1.58 bits per heavy atom. The zero-order chi connectivity index (χ0) is 9.52. The molecule has 1 rings (SSSR count). The van der Waals surface area contributed by atoms with Crippen LogP contribution in [-0.4, -0.2) is 53.1 Å². The second-order valence-electron chi connectivity index (χ2n) is 3.43. The van der Waals surface area contributed by atoms with Gasteiger partial charge in [0.15, 0.2) is 0 Å². The second kappa shape index (κ2) is 2.99. The third-order valence-electron chi connectivity index (χ3n) is 2.27. The predicted molar refractivity (Wildman–Crippen MR) is 42.7 cm³/mol. The normalized spacial score (nSPS) is 50.9. The van der Waals surface area contributed by atoms with Crippen LogP contribution in [-0.2, 0) is 4.74 Å². The minimum absolute atomic E-state index is 0.810. The van der Waals surface area contributed by atoms with Gasteiger partial charge in [0.25, 0.3) is 0 Å². The first kappa shape index (κ1) is 9.99. The van der Waals surface area contributed by atoms with E-state index in [1.807, 2.05) is 0 Å². The third-order valence-corrected chi connectivity index (χ3v) is 2.27. The highest BCUT2D eigenvalue weighted by atomic mass is 16.6. The summed E-state index contributed by atoms with van der Waals surface area (Å²) in [5.74, 6) is 0. The Labute approximate surface area is 72.6 Å². The van der Waals surface area contributed by atoms with Crippen molar-refractivity contribution in [1.29, 1.82) is 0 Å². The average Bonchev–Trinajstić information content (AvgIpc) is 2.13. The Kier molecular flexibility index (Phi) is 2.49. The summed E-state index contributed by atoms with van der Waals surface area (Å²) in [7, 11) is 5.39. The molecule has 0 aromatic carbocycles. The van der Waals surface area contributed by atoms with Crippen molar-refractivity contribution in [1.82, 2.24) is 0 Å². The topological polar surface area (TPSA) is 69.9 Å². The maximum absolute atomic E-state index is 9.54. The molecule has 1 aliphatic heterocycles. The molecule has 68 valence electrons. The lowest BCUT2D eigenvalue weighted by Gasteiger charge is -2.25. The molecule has 0 amide bonds. The van der Waals surface area contributed by atoms with Gasteiger partial charge < -0.3 is 20.1 Å². The minimum Gasteiger partial charge on any atom is -0.391 e. The highest BCUT2D eigenvalue weighted by Crippen LogP contribution is 2.30. The van der Waals surface area contributed by atoms with Crippen LogP contribution in [0.4, 0.5) is 0 Å². The average molecular weight is 172 g/mol. The monoisotopic (exact) mass is 172 g/mol. The molecule has 0 saturated carbocycles.